The Hall–Kier alpha value is -4.19. The molecule has 0 bridgehead atoms. The summed E-state index contributed by atoms with van der Waals surface area (Å²) in [5.41, 5.74) is 0. The summed E-state index contributed by atoms with van der Waals surface area (Å²) in [5, 5.41) is 0. The first-order valence-corrected chi connectivity index (χ1v) is 29.0. The third-order valence-corrected chi connectivity index (χ3v) is 11.9. The van der Waals surface area contributed by atoms with Gasteiger partial charge in [-0.1, -0.05) is 226 Å². The van der Waals surface area contributed by atoms with E-state index in [1.54, 1.807) is 0 Å². The van der Waals surface area contributed by atoms with Gasteiger partial charge in [0.25, 0.3) is 0 Å². The molecule has 1 unspecified atom stereocenters. The fourth-order valence-corrected chi connectivity index (χ4v) is 7.63. The molecule has 0 N–H and O–H groups in total. The summed E-state index contributed by atoms with van der Waals surface area (Å²) >= 11 is 0. The first kappa shape index (κ1) is 66.8. The van der Waals surface area contributed by atoms with Crippen LogP contribution < -0.4 is 0 Å². The van der Waals surface area contributed by atoms with E-state index in [4.69, 9.17) is 14.2 Å². The highest BCUT2D eigenvalue weighted by atomic mass is 16.6. The van der Waals surface area contributed by atoms with Gasteiger partial charge in [-0.05, 0) is 128 Å². The lowest BCUT2D eigenvalue weighted by atomic mass is 10.1. The largest absolute Gasteiger partial charge is 0.462 e. The van der Waals surface area contributed by atoms with Crippen molar-refractivity contribution in [3.05, 3.63) is 122 Å². The molecule has 71 heavy (non-hydrogen) atoms. The van der Waals surface area contributed by atoms with Crippen LogP contribution in [0.2, 0.25) is 0 Å². The Morgan fingerprint density at radius 2 is 0.549 bits per heavy atom. The van der Waals surface area contributed by atoms with E-state index >= 15 is 0 Å². The number of unbranched alkanes of at least 4 members (excludes halogenated alkanes) is 20. The second-order valence-corrected chi connectivity index (χ2v) is 18.8. The average Bonchev–Trinajstić information content (AvgIpc) is 3.37. The van der Waals surface area contributed by atoms with Crippen molar-refractivity contribution < 1.29 is 28.6 Å². The smallest absolute Gasteiger partial charge is 0.306 e. The minimum absolute atomic E-state index is 0.101. The standard InChI is InChI=1S/C65H106O6/c1-4-7-10-13-16-19-22-25-28-31-32-35-37-40-43-46-49-52-55-58-64(67)70-61-62(71-65(68)59-56-53-50-47-44-41-38-34-30-27-24-21-18-15-12-9-6-3)60-69-63(66)57-54-51-48-45-42-39-36-33-29-26-23-20-17-14-11-8-5-2/h8-9,11-12,16-21,25-30,36,38-39,41,62H,4-7,10,13-15,22-24,31-35,37,40,42-61H2,1-3H3/b11-8-,12-9-,19-16-,20-17-,21-18-,28-25-,29-26-,30-27-,39-36-,41-38-. The number of ether oxygens (including phenoxy) is 3. The van der Waals surface area contributed by atoms with E-state index in [1.165, 1.54) is 70.6 Å². The number of rotatable bonds is 51. The van der Waals surface area contributed by atoms with E-state index in [0.29, 0.717) is 12.8 Å². The highest BCUT2D eigenvalue weighted by Crippen LogP contribution is 2.14. The van der Waals surface area contributed by atoms with Crippen LogP contribution in [0.1, 0.15) is 252 Å². The summed E-state index contributed by atoms with van der Waals surface area (Å²) in [6.45, 7) is 6.34. The molecule has 1 atom stereocenters. The Morgan fingerprint density at radius 1 is 0.296 bits per heavy atom. The van der Waals surface area contributed by atoms with Gasteiger partial charge in [0.05, 0.1) is 0 Å². The van der Waals surface area contributed by atoms with E-state index in [1.807, 2.05) is 0 Å². The second-order valence-electron chi connectivity index (χ2n) is 18.8. The molecule has 0 saturated carbocycles. The second kappa shape index (κ2) is 58.4. The number of carbonyl (C=O) groups is 3. The molecule has 0 aromatic rings. The van der Waals surface area contributed by atoms with Crippen LogP contribution in [0.4, 0.5) is 0 Å². The van der Waals surface area contributed by atoms with Crippen LogP contribution in [0.15, 0.2) is 122 Å². The van der Waals surface area contributed by atoms with Crippen LogP contribution in [0.25, 0.3) is 0 Å². The predicted octanol–water partition coefficient (Wildman–Crippen LogP) is 19.6. The lowest BCUT2D eigenvalue weighted by Crippen LogP contribution is -2.30. The summed E-state index contributed by atoms with van der Waals surface area (Å²) in [7, 11) is 0. The predicted molar refractivity (Wildman–Crippen MR) is 306 cm³/mol. The molecule has 0 spiro atoms. The first-order valence-electron chi connectivity index (χ1n) is 29.0. The quantitative estimate of drug-likeness (QED) is 0.0261. The van der Waals surface area contributed by atoms with E-state index in [9.17, 15) is 14.4 Å². The number of hydrogen-bond acceptors (Lipinski definition) is 6. The highest BCUT2D eigenvalue weighted by molar-refractivity contribution is 5.71. The van der Waals surface area contributed by atoms with E-state index in [-0.39, 0.29) is 37.5 Å². The Morgan fingerprint density at radius 3 is 0.859 bits per heavy atom. The Bertz CT molecular complexity index is 1500. The molecule has 6 heteroatoms. The van der Waals surface area contributed by atoms with Crippen molar-refractivity contribution in [1.82, 2.24) is 0 Å². The van der Waals surface area contributed by atoms with Gasteiger partial charge in [-0.25, -0.2) is 0 Å². The molecule has 0 amide bonds. The lowest BCUT2D eigenvalue weighted by molar-refractivity contribution is -0.167. The van der Waals surface area contributed by atoms with Gasteiger partial charge in [0.1, 0.15) is 13.2 Å². The Kier molecular flexibility index (Phi) is 54.9. The molecule has 0 radical (unpaired) electrons. The maximum Gasteiger partial charge on any atom is 0.306 e. The molecule has 6 nitrogen and oxygen atoms in total. The molecular formula is C65H106O6. The molecular weight excluding hydrogens is 877 g/mol. The molecule has 0 fully saturated rings. The van der Waals surface area contributed by atoms with Crippen LogP contribution in [-0.4, -0.2) is 37.2 Å². The van der Waals surface area contributed by atoms with Gasteiger partial charge in [0.2, 0.25) is 0 Å². The van der Waals surface area contributed by atoms with E-state index in [2.05, 4.69) is 142 Å². The summed E-state index contributed by atoms with van der Waals surface area (Å²) in [4.78, 5) is 38.2. The third-order valence-electron chi connectivity index (χ3n) is 11.9. The van der Waals surface area contributed by atoms with Crippen molar-refractivity contribution in [2.75, 3.05) is 13.2 Å². The first-order chi connectivity index (χ1) is 35.0. The fraction of sp³-hybridized carbons (Fsp3) is 0.646. The van der Waals surface area contributed by atoms with E-state index < -0.39 is 6.10 Å². The molecule has 0 aromatic heterocycles. The monoisotopic (exact) mass is 983 g/mol. The van der Waals surface area contributed by atoms with Gasteiger partial charge < -0.3 is 14.2 Å². The summed E-state index contributed by atoms with van der Waals surface area (Å²) in [6, 6.07) is 0. The molecule has 0 aromatic carbocycles. The topological polar surface area (TPSA) is 78.9 Å². The minimum atomic E-state index is -0.807. The number of hydrogen-bond donors (Lipinski definition) is 0. The normalized spacial score (nSPS) is 13.0. The van der Waals surface area contributed by atoms with Crippen molar-refractivity contribution in [2.45, 2.75) is 258 Å². The zero-order valence-corrected chi connectivity index (χ0v) is 45.9. The van der Waals surface area contributed by atoms with Gasteiger partial charge in [0.15, 0.2) is 6.10 Å². The lowest BCUT2D eigenvalue weighted by Gasteiger charge is -2.18. The molecule has 0 aliphatic carbocycles. The van der Waals surface area contributed by atoms with Gasteiger partial charge >= 0.3 is 17.9 Å². The SMILES string of the molecule is CC/C=C\C/C=C\C/C=C\C/C=C\CCCCCCC(=O)OCC(COC(=O)CCCCCCCCCCC/C=C\C/C=C\CCCCC)OC(=O)CCCCCC/C=C\C/C=C\C/C=C\C/C=C\CC. The maximum atomic E-state index is 12.9. The number of allylic oxidation sites excluding steroid dienone is 20. The zero-order chi connectivity index (χ0) is 51.4. The minimum Gasteiger partial charge on any atom is -0.462 e. The van der Waals surface area contributed by atoms with Crippen molar-refractivity contribution in [1.29, 1.82) is 0 Å². The van der Waals surface area contributed by atoms with Crippen LogP contribution >= 0.6 is 0 Å². The van der Waals surface area contributed by atoms with Gasteiger partial charge in [-0.15, -0.1) is 0 Å². The fourth-order valence-electron chi connectivity index (χ4n) is 7.63. The summed E-state index contributed by atoms with van der Waals surface area (Å²) < 4.78 is 16.8. The van der Waals surface area contributed by atoms with Gasteiger partial charge in [-0.3, -0.25) is 14.4 Å². The van der Waals surface area contributed by atoms with Gasteiger partial charge in [0, 0.05) is 19.3 Å². The summed E-state index contributed by atoms with van der Waals surface area (Å²) in [5.74, 6) is -0.954. The van der Waals surface area contributed by atoms with Crippen molar-refractivity contribution in [2.24, 2.45) is 0 Å². The molecule has 0 aliphatic rings. The maximum absolute atomic E-state index is 12.9. The summed E-state index contributed by atoms with van der Waals surface area (Å²) in [6.07, 6.45) is 80.4. The zero-order valence-electron chi connectivity index (χ0n) is 45.9. The van der Waals surface area contributed by atoms with Crippen LogP contribution in [0.5, 0.6) is 0 Å². The van der Waals surface area contributed by atoms with Crippen molar-refractivity contribution >= 4 is 17.9 Å². The average molecular weight is 984 g/mol. The van der Waals surface area contributed by atoms with Crippen LogP contribution in [0.3, 0.4) is 0 Å². The number of esters is 3. The van der Waals surface area contributed by atoms with Crippen molar-refractivity contribution in [3.8, 4) is 0 Å². The van der Waals surface area contributed by atoms with Crippen LogP contribution in [-0.2, 0) is 28.6 Å². The van der Waals surface area contributed by atoms with Crippen molar-refractivity contribution in [3.63, 3.8) is 0 Å². The molecule has 0 saturated heterocycles. The molecule has 0 rings (SSSR count). The van der Waals surface area contributed by atoms with Gasteiger partial charge in [-0.2, -0.15) is 0 Å². The Balaban J connectivity index is 4.49. The number of carbonyl (C=O) groups excluding carboxylic acids is 3. The highest BCUT2D eigenvalue weighted by Gasteiger charge is 2.19. The molecule has 402 valence electrons. The Labute approximate surface area is 437 Å². The molecule has 0 aliphatic heterocycles. The van der Waals surface area contributed by atoms with Crippen LogP contribution in [0, 0.1) is 0 Å². The molecule has 0 heterocycles. The van der Waals surface area contributed by atoms with E-state index in [0.717, 1.165) is 141 Å². The third kappa shape index (κ3) is 56.6.